The van der Waals surface area contributed by atoms with Gasteiger partial charge >= 0.3 is 0 Å². The van der Waals surface area contributed by atoms with Crippen molar-refractivity contribution in [3.05, 3.63) is 71.8 Å². The average molecular weight is 548 g/mol. The smallest absolute Gasteiger partial charge is 0.164 e. The van der Waals surface area contributed by atoms with Gasteiger partial charge in [0.05, 0.1) is 31.6 Å². The highest BCUT2D eigenvalue weighted by Gasteiger charge is 2.32. The van der Waals surface area contributed by atoms with Crippen molar-refractivity contribution < 1.29 is 18.4 Å². The fraction of sp³-hybridized carbons (Fsp3) is 0.345. The third kappa shape index (κ3) is 4.49. The molecule has 0 saturated carbocycles. The summed E-state index contributed by atoms with van der Waals surface area (Å²) < 4.78 is 36.3. The molecule has 0 spiro atoms. The van der Waals surface area contributed by atoms with Crippen LogP contribution in [0, 0.1) is 11.6 Å². The number of aromatic nitrogens is 4. The molecule has 0 amide bonds. The molecule has 1 fully saturated rings. The lowest BCUT2D eigenvalue weighted by molar-refractivity contribution is 0.156. The van der Waals surface area contributed by atoms with Crippen LogP contribution in [0.4, 0.5) is 31.8 Å². The number of rotatable bonds is 6. The summed E-state index contributed by atoms with van der Waals surface area (Å²) in [5.74, 6) is -0.183. The van der Waals surface area contributed by atoms with E-state index in [0.29, 0.717) is 36.5 Å². The van der Waals surface area contributed by atoms with Crippen LogP contribution < -0.4 is 20.0 Å². The SMILES string of the molecule is COc1cc2c(cc1Nc1cc(N3OCC[C@@H]3c3cccc(F)c3F)ncn1)-c1cnn(C)c1CCN2C(C)C. The zero-order valence-electron chi connectivity index (χ0n) is 22.9. The second kappa shape index (κ2) is 10.4. The normalized spacial score (nSPS) is 16.6. The van der Waals surface area contributed by atoms with Gasteiger partial charge in [0.2, 0.25) is 0 Å². The van der Waals surface area contributed by atoms with E-state index in [1.165, 1.54) is 23.2 Å². The Kier molecular flexibility index (Phi) is 6.75. The van der Waals surface area contributed by atoms with Crippen LogP contribution in [0.3, 0.4) is 0 Å². The third-order valence-electron chi connectivity index (χ3n) is 7.58. The summed E-state index contributed by atoms with van der Waals surface area (Å²) in [4.78, 5) is 17.0. The highest BCUT2D eigenvalue weighted by molar-refractivity contribution is 5.87. The molecule has 1 atom stereocenters. The van der Waals surface area contributed by atoms with E-state index >= 15 is 0 Å². The Bertz CT molecular complexity index is 1560. The molecule has 2 aromatic heterocycles. The van der Waals surface area contributed by atoms with E-state index in [2.05, 4.69) is 45.2 Å². The van der Waals surface area contributed by atoms with Crippen LogP contribution in [0.5, 0.6) is 5.75 Å². The molecule has 2 aliphatic rings. The Morgan fingerprint density at radius 1 is 1.12 bits per heavy atom. The minimum Gasteiger partial charge on any atom is -0.494 e. The van der Waals surface area contributed by atoms with Gasteiger partial charge in [-0.3, -0.25) is 9.52 Å². The Morgan fingerprint density at radius 3 is 2.77 bits per heavy atom. The van der Waals surface area contributed by atoms with Crippen LogP contribution in [0.25, 0.3) is 11.1 Å². The van der Waals surface area contributed by atoms with Crippen molar-refractivity contribution in [2.45, 2.75) is 38.8 Å². The molecule has 1 saturated heterocycles. The summed E-state index contributed by atoms with van der Waals surface area (Å²) in [5, 5.41) is 9.41. The molecular weight excluding hydrogens is 516 g/mol. The molecule has 0 unspecified atom stereocenters. The minimum absolute atomic E-state index is 0.222. The van der Waals surface area contributed by atoms with Gasteiger partial charge in [0.15, 0.2) is 17.5 Å². The number of methoxy groups -OCH3 is 1. The largest absolute Gasteiger partial charge is 0.494 e. The van der Waals surface area contributed by atoms with Crippen molar-refractivity contribution in [1.29, 1.82) is 0 Å². The Balaban J connectivity index is 1.36. The lowest BCUT2D eigenvalue weighted by atomic mass is 10.0. The monoisotopic (exact) mass is 547 g/mol. The number of nitrogens with one attached hydrogen (secondary N) is 1. The molecule has 0 radical (unpaired) electrons. The van der Waals surface area contributed by atoms with Gasteiger partial charge in [0.1, 0.15) is 17.9 Å². The number of anilines is 4. The first-order valence-electron chi connectivity index (χ1n) is 13.3. The zero-order chi connectivity index (χ0) is 28.0. The van der Waals surface area contributed by atoms with Crippen molar-refractivity contribution in [3.8, 4) is 16.9 Å². The number of ether oxygens (including phenoxy) is 1. The summed E-state index contributed by atoms with van der Waals surface area (Å²) in [6.07, 6.45) is 4.69. The van der Waals surface area contributed by atoms with E-state index in [9.17, 15) is 8.78 Å². The van der Waals surface area contributed by atoms with Gasteiger partial charge in [-0.05, 0) is 26.0 Å². The topological polar surface area (TPSA) is 80.6 Å². The van der Waals surface area contributed by atoms with E-state index < -0.39 is 17.7 Å². The number of aryl methyl sites for hydroxylation is 1. The summed E-state index contributed by atoms with van der Waals surface area (Å²) in [6.45, 7) is 5.59. The molecule has 208 valence electrons. The highest BCUT2D eigenvalue weighted by Crippen LogP contribution is 2.44. The fourth-order valence-corrected chi connectivity index (χ4v) is 5.59. The maximum absolute atomic E-state index is 14.6. The van der Waals surface area contributed by atoms with Crippen molar-refractivity contribution in [3.63, 3.8) is 0 Å². The predicted octanol–water partition coefficient (Wildman–Crippen LogP) is 5.56. The molecule has 0 aliphatic carbocycles. The molecule has 0 bridgehead atoms. The molecule has 9 nitrogen and oxygen atoms in total. The molecular formula is C29H31F2N7O2. The summed E-state index contributed by atoms with van der Waals surface area (Å²) in [7, 11) is 3.61. The van der Waals surface area contributed by atoms with Crippen molar-refractivity contribution in [1.82, 2.24) is 19.7 Å². The number of nitrogens with zero attached hydrogens (tertiary/aromatic N) is 6. The number of hydrogen-bond acceptors (Lipinski definition) is 8. The van der Waals surface area contributed by atoms with Crippen LogP contribution in [-0.2, 0) is 18.3 Å². The van der Waals surface area contributed by atoms with Crippen molar-refractivity contribution in [2.75, 3.05) is 35.5 Å². The molecule has 4 heterocycles. The van der Waals surface area contributed by atoms with Gasteiger partial charge in [0.25, 0.3) is 0 Å². The van der Waals surface area contributed by atoms with Crippen molar-refractivity contribution in [2.24, 2.45) is 7.05 Å². The van der Waals surface area contributed by atoms with Crippen LogP contribution in [0.1, 0.15) is 37.6 Å². The number of benzene rings is 2. The lowest BCUT2D eigenvalue weighted by Crippen LogP contribution is -2.32. The van der Waals surface area contributed by atoms with Gasteiger partial charge in [-0.2, -0.15) is 5.10 Å². The van der Waals surface area contributed by atoms with Crippen LogP contribution >= 0.6 is 0 Å². The second-order valence-electron chi connectivity index (χ2n) is 10.2. The Labute approximate surface area is 231 Å². The van der Waals surface area contributed by atoms with E-state index in [1.54, 1.807) is 19.2 Å². The van der Waals surface area contributed by atoms with Crippen LogP contribution in [-0.4, -0.2) is 46.1 Å². The highest BCUT2D eigenvalue weighted by atomic mass is 19.2. The van der Waals surface area contributed by atoms with Gasteiger partial charge < -0.3 is 15.0 Å². The minimum atomic E-state index is -0.891. The molecule has 6 rings (SSSR count). The third-order valence-corrected chi connectivity index (χ3v) is 7.58. The summed E-state index contributed by atoms with van der Waals surface area (Å²) in [5.41, 5.74) is 5.34. The van der Waals surface area contributed by atoms with Gasteiger partial charge in [-0.1, -0.05) is 12.1 Å². The fourth-order valence-electron chi connectivity index (χ4n) is 5.59. The molecule has 1 N–H and O–H groups in total. The first-order chi connectivity index (χ1) is 19.4. The number of fused-ring (bicyclic) bond motifs is 3. The first-order valence-corrected chi connectivity index (χ1v) is 13.3. The quantitative estimate of drug-likeness (QED) is 0.336. The first kappa shape index (κ1) is 26.0. The van der Waals surface area contributed by atoms with Crippen LogP contribution in [0.2, 0.25) is 0 Å². The van der Waals surface area contributed by atoms with Crippen LogP contribution in [0.15, 0.2) is 48.9 Å². The van der Waals surface area contributed by atoms with Gasteiger partial charge in [0, 0.05) is 72.7 Å². The zero-order valence-corrected chi connectivity index (χ0v) is 22.9. The molecule has 4 aromatic rings. The predicted molar refractivity (Wildman–Crippen MR) is 149 cm³/mol. The Morgan fingerprint density at radius 2 is 1.98 bits per heavy atom. The maximum Gasteiger partial charge on any atom is 0.164 e. The number of halogens is 2. The standard InChI is InChI=1S/C29H31F2N7O2/c1-17(2)37-10-8-23-20(15-34-36(23)3)19-12-22(26(39-4)13-25(19)37)35-27-14-28(33-16-32-27)38-24(9-11-40-38)18-6-5-7-21(30)29(18)31/h5-7,12-17,24H,8-11H2,1-4H3,(H,32,33,35)/t24-/m1/s1. The number of hydrogen-bond donors (Lipinski definition) is 1. The molecule has 2 aromatic carbocycles. The van der Waals surface area contributed by atoms with E-state index in [4.69, 9.17) is 9.57 Å². The van der Waals surface area contributed by atoms with Crippen molar-refractivity contribution >= 4 is 23.0 Å². The van der Waals surface area contributed by atoms with E-state index in [-0.39, 0.29) is 5.56 Å². The molecule has 40 heavy (non-hydrogen) atoms. The number of hydroxylamine groups is 1. The van der Waals surface area contributed by atoms with E-state index in [1.807, 2.05) is 24.0 Å². The maximum atomic E-state index is 14.6. The molecule has 11 heteroatoms. The van der Waals surface area contributed by atoms with Gasteiger partial charge in [-0.25, -0.2) is 23.8 Å². The summed E-state index contributed by atoms with van der Waals surface area (Å²) in [6, 6.07) is 9.78. The van der Waals surface area contributed by atoms with E-state index in [0.717, 1.165) is 41.5 Å². The molecule has 2 aliphatic heterocycles. The average Bonchev–Trinajstić information content (AvgIpc) is 3.53. The lowest BCUT2D eigenvalue weighted by Gasteiger charge is -2.30. The van der Waals surface area contributed by atoms with Gasteiger partial charge in [-0.15, -0.1) is 0 Å². The Hall–Kier alpha value is -4.25. The second-order valence-corrected chi connectivity index (χ2v) is 10.2. The summed E-state index contributed by atoms with van der Waals surface area (Å²) >= 11 is 0.